The highest BCUT2D eigenvalue weighted by Crippen LogP contribution is 2.27. The van der Waals surface area contributed by atoms with E-state index in [1.807, 2.05) is 31.0 Å². The summed E-state index contributed by atoms with van der Waals surface area (Å²) in [5.74, 6) is 0.506. The first-order valence-corrected chi connectivity index (χ1v) is 8.96. The fourth-order valence-electron chi connectivity index (χ4n) is 3.13. The van der Waals surface area contributed by atoms with Crippen molar-refractivity contribution < 1.29 is 9.53 Å². The fourth-order valence-corrected chi connectivity index (χ4v) is 3.13. The predicted molar refractivity (Wildman–Crippen MR) is 105 cm³/mol. The van der Waals surface area contributed by atoms with Gasteiger partial charge in [-0.3, -0.25) is 15.2 Å². The summed E-state index contributed by atoms with van der Waals surface area (Å²) in [4.78, 5) is 11.5. The Labute approximate surface area is 154 Å². The van der Waals surface area contributed by atoms with E-state index in [2.05, 4.69) is 41.8 Å². The van der Waals surface area contributed by atoms with Crippen molar-refractivity contribution in [2.45, 2.75) is 26.7 Å². The Morgan fingerprint density at radius 2 is 1.96 bits per heavy atom. The van der Waals surface area contributed by atoms with Crippen LogP contribution in [0.1, 0.15) is 32.3 Å². The van der Waals surface area contributed by atoms with Crippen LogP contribution in [-0.4, -0.2) is 24.1 Å². The molecule has 1 heterocycles. The maximum Gasteiger partial charge on any atom is 0.305 e. The van der Waals surface area contributed by atoms with Crippen molar-refractivity contribution in [3.63, 3.8) is 0 Å². The first-order valence-electron chi connectivity index (χ1n) is 8.96. The molecular formula is C21H25N3O2. The van der Waals surface area contributed by atoms with Crippen LogP contribution in [0.4, 0.5) is 0 Å². The number of benzene rings is 2. The van der Waals surface area contributed by atoms with E-state index in [-0.39, 0.29) is 5.97 Å². The summed E-state index contributed by atoms with van der Waals surface area (Å²) in [5.41, 5.74) is 12.8. The van der Waals surface area contributed by atoms with Crippen LogP contribution in [0.15, 0.2) is 59.9 Å². The minimum Gasteiger partial charge on any atom is -0.466 e. The van der Waals surface area contributed by atoms with E-state index in [9.17, 15) is 4.79 Å². The standard InChI is InChI=1S/C21H25N3O2/c1-3-26-20(25)12-7-13-24-21(22)15(2)14-19(23-24)18-11-6-9-16-8-4-5-10-17(16)18/h4-6,8-11,14,23H,3,7,12-13,22H2,1-2H3. The highest BCUT2D eigenvalue weighted by Gasteiger charge is 2.18. The van der Waals surface area contributed by atoms with E-state index < -0.39 is 0 Å². The Kier molecular flexibility index (Phi) is 5.46. The highest BCUT2D eigenvalue weighted by molar-refractivity contribution is 5.94. The number of rotatable bonds is 6. The van der Waals surface area contributed by atoms with Gasteiger partial charge in [-0.1, -0.05) is 42.5 Å². The van der Waals surface area contributed by atoms with Crippen LogP contribution in [0, 0.1) is 0 Å². The second kappa shape index (κ2) is 7.95. The fraction of sp³-hybridized carbons (Fsp3) is 0.286. The number of carbonyl (C=O) groups excluding carboxylic acids is 1. The topological polar surface area (TPSA) is 67.6 Å². The third kappa shape index (κ3) is 3.82. The van der Waals surface area contributed by atoms with Crippen LogP contribution in [0.5, 0.6) is 0 Å². The predicted octanol–water partition coefficient (Wildman–Crippen LogP) is 3.53. The molecule has 0 radical (unpaired) electrons. The van der Waals surface area contributed by atoms with Crippen LogP contribution in [-0.2, 0) is 9.53 Å². The average Bonchev–Trinajstić information content (AvgIpc) is 2.65. The van der Waals surface area contributed by atoms with Gasteiger partial charge in [0.25, 0.3) is 0 Å². The molecule has 26 heavy (non-hydrogen) atoms. The van der Waals surface area contributed by atoms with E-state index in [1.165, 1.54) is 10.8 Å². The molecule has 0 unspecified atom stereocenters. The lowest BCUT2D eigenvalue weighted by atomic mass is 10.0. The summed E-state index contributed by atoms with van der Waals surface area (Å²) in [7, 11) is 0. The number of esters is 1. The largest absolute Gasteiger partial charge is 0.466 e. The Bertz CT molecular complexity index is 865. The number of allylic oxidation sites excluding steroid dienone is 2. The molecule has 3 rings (SSSR count). The Hall–Kier alpha value is -2.95. The number of hydrogen-bond acceptors (Lipinski definition) is 5. The van der Waals surface area contributed by atoms with Gasteiger partial charge in [-0.05, 0) is 42.7 Å². The normalized spacial score (nSPS) is 14.2. The quantitative estimate of drug-likeness (QED) is 0.779. The molecule has 0 atom stereocenters. The van der Waals surface area contributed by atoms with Crippen molar-refractivity contribution in [3.05, 3.63) is 65.5 Å². The smallest absolute Gasteiger partial charge is 0.305 e. The molecule has 0 fully saturated rings. The van der Waals surface area contributed by atoms with E-state index in [4.69, 9.17) is 10.5 Å². The third-order valence-electron chi connectivity index (χ3n) is 4.46. The van der Waals surface area contributed by atoms with Crippen LogP contribution in [0.25, 0.3) is 16.5 Å². The Morgan fingerprint density at radius 3 is 2.77 bits per heavy atom. The summed E-state index contributed by atoms with van der Waals surface area (Å²) < 4.78 is 4.99. The molecule has 1 aliphatic rings. The van der Waals surface area contributed by atoms with Crippen molar-refractivity contribution >= 4 is 22.4 Å². The van der Waals surface area contributed by atoms with Gasteiger partial charge in [0, 0.05) is 18.5 Å². The zero-order chi connectivity index (χ0) is 18.5. The molecule has 3 N–H and O–H groups in total. The van der Waals surface area contributed by atoms with Gasteiger partial charge >= 0.3 is 5.97 Å². The molecule has 0 spiro atoms. The lowest BCUT2D eigenvalue weighted by molar-refractivity contribution is -0.143. The SMILES string of the molecule is CCOC(=O)CCCN1NC(c2cccc3ccccc23)=CC(C)=C1N. The van der Waals surface area contributed by atoms with E-state index >= 15 is 0 Å². The summed E-state index contributed by atoms with van der Waals surface area (Å²) in [5, 5.41) is 4.29. The molecule has 5 heteroatoms. The number of ether oxygens (including phenoxy) is 1. The van der Waals surface area contributed by atoms with Crippen LogP contribution < -0.4 is 11.2 Å². The molecule has 0 saturated carbocycles. The average molecular weight is 351 g/mol. The van der Waals surface area contributed by atoms with Crippen molar-refractivity contribution in [3.8, 4) is 0 Å². The monoisotopic (exact) mass is 351 g/mol. The van der Waals surface area contributed by atoms with Gasteiger partial charge in [0.15, 0.2) is 0 Å². The number of hydrazine groups is 1. The zero-order valence-electron chi connectivity index (χ0n) is 15.3. The molecule has 5 nitrogen and oxygen atoms in total. The first kappa shape index (κ1) is 17.9. The number of nitrogens with one attached hydrogen (secondary N) is 1. The third-order valence-corrected chi connectivity index (χ3v) is 4.46. The van der Waals surface area contributed by atoms with Gasteiger partial charge in [0.05, 0.1) is 12.3 Å². The van der Waals surface area contributed by atoms with E-state index in [0.717, 1.165) is 16.8 Å². The maximum atomic E-state index is 11.5. The minimum atomic E-state index is -0.173. The molecule has 0 aromatic heterocycles. The summed E-state index contributed by atoms with van der Waals surface area (Å²) in [6.45, 7) is 4.86. The maximum absolute atomic E-state index is 11.5. The van der Waals surface area contributed by atoms with Gasteiger partial charge in [-0.25, -0.2) is 0 Å². The van der Waals surface area contributed by atoms with Crippen LogP contribution in [0.2, 0.25) is 0 Å². The molecule has 136 valence electrons. The van der Waals surface area contributed by atoms with Crippen molar-refractivity contribution in [2.75, 3.05) is 13.2 Å². The highest BCUT2D eigenvalue weighted by atomic mass is 16.5. The summed E-state index contributed by atoms with van der Waals surface area (Å²) in [6.07, 6.45) is 3.12. The number of carbonyl (C=O) groups is 1. The Morgan fingerprint density at radius 1 is 1.19 bits per heavy atom. The van der Waals surface area contributed by atoms with E-state index in [1.54, 1.807) is 0 Å². The van der Waals surface area contributed by atoms with Gasteiger partial charge in [-0.15, -0.1) is 0 Å². The van der Waals surface area contributed by atoms with Gasteiger partial charge < -0.3 is 10.5 Å². The zero-order valence-corrected chi connectivity index (χ0v) is 15.3. The lowest BCUT2D eigenvalue weighted by Crippen LogP contribution is -2.42. The molecular weight excluding hydrogens is 326 g/mol. The lowest BCUT2D eigenvalue weighted by Gasteiger charge is -2.32. The number of fused-ring (bicyclic) bond motifs is 1. The second-order valence-electron chi connectivity index (χ2n) is 6.32. The van der Waals surface area contributed by atoms with Crippen LogP contribution >= 0.6 is 0 Å². The molecule has 0 bridgehead atoms. The molecule has 0 aliphatic carbocycles. The van der Waals surface area contributed by atoms with Crippen molar-refractivity contribution in [2.24, 2.45) is 5.73 Å². The molecule has 2 aromatic carbocycles. The molecule has 0 saturated heterocycles. The van der Waals surface area contributed by atoms with Crippen molar-refractivity contribution in [1.82, 2.24) is 10.4 Å². The summed E-state index contributed by atoms with van der Waals surface area (Å²) >= 11 is 0. The Balaban J connectivity index is 1.79. The van der Waals surface area contributed by atoms with Crippen molar-refractivity contribution in [1.29, 1.82) is 0 Å². The minimum absolute atomic E-state index is 0.173. The molecule has 1 aliphatic heterocycles. The van der Waals surface area contributed by atoms with Gasteiger partial charge in [0.2, 0.25) is 0 Å². The van der Waals surface area contributed by atoms with Gasteiger partial charge in [0.1, 0.15) is 5.82 Å². The second-order valence-corrected chi connectivity index (χ2v) is 6.32. The van der Waals surface area contributed by atoms with Crippen LogP contribution in [0.3, 0.4) is 0 Å². The number of nitrogens with two attached hydrogens (primary N) is 1. The number of hydrogen-bond donors (Lipinski definition) is 2. The number of nitrogens with zero attached hydrogens (tertiary/aromatic N) is 1. The first-order chi connectivity index (χ1) is 12.6. The van der Waals surface area contributed by atoms with Gasteiger partial charge in [-0.2, -0.15) is 0 Å². The van der Waals surface area contributed by atoms with E-state index in [0.29, 0.717) is 31.8 Å². The molecule has 0 amide bonds. The molecule has 2 aromatic rings. The summed E-state index contributed by atoms with van der Waals surface area (Å²) in [6, 6.07) is 14.6.